The summed E-state index contributed by atoms with van der Waals surface area (Å²) in [4.78, 5) is 0. The van der Waals surface area contributed by atoms with E-state index in [0.29, 0.717) is 31.1 Å². The van der Waals surface area contributed by atoms with E-state index in [1.54, 1.807) is 0 Å². The van der Waals surface area contributed by atoms with Crippen molar-refractivity contribution < 1.29 is 13.9 Å². The van der Waals surface area contributed by atoms with Gasteiger partial charge in [0.1, 0.15) is 5.67 Å². The fourth-order valence-electron chi connectivity index (χ4n) is 3.19. The van der Waals surface area contributed by atoms with Gasteiger partial charge in [-0.05, 0) is 38.5 Å². The Morgan fingerprint density at radius 3 is 2.22 bits per heavy atom. The predicted molar refractivity (Wildman–Crippen MR) is 70.2 cm³/mol. The highest BCUT2D eigenvalue weighted by Crippen LogP contribution is 2.40. The van der Waals surface area contributed by atoms with Gasteiger partial charge in [-0.1, -0.05) is 20.3 Å². The smallest absolute Gasteiger partial charge is 0.160 e. The Hall–Kier alpha value is -0.150. The SMILES string of the molecule is CCCC1COC(C2CCC(F)(CC)CC2)OC1. The second-order valence-corrected chi connectivity index (χ2v) is 6.03. The zero-order valence-electron chi connectivity index (χ0n) is 11.8. The third-order valence-corrected chi connectivity index (χ3v) is 4.63. The van der Waals surface area contributed by atoms with E-state index in [9.17, 15) is 4.39 Å². The lowest BCUT2D eigenvalue weighted by Crippen LogP contribution is -2.40. The van der Waals surface area contributed by atoms with Gasteiger partial charge in [0, 0.05) is 11.8 Å². The van der Waals surface area contributed by atoms with Crippen molar-refractivity contribution in [3.63, 3.8) is 0 Å². The molecule has 2 fully saturated rings. The zero-order valence-corrected chi connectivity index (χ0v) is 11.8. The Kier molecular flexibility index (Phi) is 5.02. The van der Waals surface area contributed by atoms with Gasteiger partial charge in [0.2, 0.25) is 0 Å². The second kappa shape index (κ2) is 6.33. The van der Waals surface area contributed by atoms with Crippen LogP contribution >= 0.6 is 0 Å². The molecule has 2 nitrogen and oxygen atoms in total. The Morgan fingerprint density at radius 2 is 1.72 bits per heavy atom. The first kappa shape index (κ1) is 14.3. The highest BCUT2D eigenvalue weighted by Gasteiger charge is 2.38. The first-order valence-electron chi connectivity index (χ1n) is 7.59. The molecule has 1 heterocycles. The molecule has 0 spiro atoms. The van der Waals surface area contributed by atoms with Gasteiger partial charge < -0.3 is 9.47 Å². The van der Waals surface area contributed by atoms with Crippen molar-refractivity contribution in [2.75, 3.05) is 13.2 Å². The van der Waals surface area contributed by atoms with Crippen LogP contribution in [0.1, 0.15) is 58.8 Å². The van der Waals surface area contributed by atoms with Crippen LogP contribution in [0.3, 0.4) is 0 Å². The van der Waals surface area contributed by atoms with Crippen LogP contribution in [0, 0.1) is 11.8 Å². The van der Waals surface area contributed by atoms with Gasteiger partial charge in [-0.3, -0.25) is 0 Å². The van der Waals surface area contributed by atoms with Gasteiger partial charge in [-0.25, -0.2) is 4.39 Å². The molecule has 0 aromatic heterocycles. The Morgan fingerprint density at radius 1 is 1.11 bits per heavy atom. The maximum atomic E-state index is 14.1. The minimum absolute atomic E-state index is 0.0699. The molecule has 1 saturated carbocycles. The monoisotopic (exact) mass is 258 g/mol. The standard InChI is InChI=1S/C15H27FO2/c1-3-5-12-10-17-14(18-11-12)13-6-8-15(16,4-2)9-7-13/h12-14H,3-11H2,1-2H3. The van der Waals surface area contributed by atoms with Gasteiger partial charge in [0.15, 0.2) is 6.29 Å². The number of ether oxygens (including phenoxy) is 2. The van der Waals surface area contributed by atoms with E-state index in [1.165, 1.54) is 12.8 Å². The van der Waals surface area contributed by atoms with Gasteiger partial charge >= 0.3 is 0 Å². The van der Waals surface area contributed by atoms with E-state index in [1.807, 2.05) is 6.92 Å². The molecule has 18 heavy (non-hydrogen) atoms. The maximum absolute atomic E-state index is 14.1. The predicted octanol–water partition coefficient (Wildman–Crippen LogP) is 4.08. The van der Waals surface area contributed by atoms with Crippen molar-refractivity contribution in [3.05, 3.63) is 0 Å². The molecule has 0 bridgehead atoms. The van der Waals surface area contributed by atoms with Crippen molar-refractivity contribution in [1.82, 2.24) is 0 Å². The summed E-state index contributed by atoms with van der Waals surface area (Å²) in [6, 6.07) is 0. The summed E-state index contributed by atoms with van der Waals surface area (Å²) >= 11 is 0. The molecule has 0 unspecified atom stereocenters. The molecule has 0 radical (unpaired) electrons. The van der Waals surface area contributed by atoms with Crippen molar-refractivity contribution in [1.29, 1.82) is 0 Å². The highest BCUT2D eigenvalue weighted by molar-refractivity contribution is 4.86. The lowest BCUT2D eigenvalue weighted by Gasteiger charge is -2.39. The first-order chi connectivity index (χ1) is 8.67. The largest absolute Gasteiger partial charge is 0.352 e. The average molecular weight is 258 g/mol. The molecule has 0 amide bonds. The van der Waals surface area contributed by atoms with Crippen molar-refractivity contribution in [2.24, 2.45) is 11.8 Å². The Bertz CT molecular complexity index is 241. The summed E-state index contributed by atoms with van der Waals surface area (Å²) < 4.78 is 25.8. The lowest BCUT2D eigenvalue weighted by atomic mass is 9.78. The van der Waals surface area contributed by atoms with Crippen LogP contribution in [-0.4, -0.2) is 25.2 Å². The van der Waals surface area contributed by atoms with E-state index in [2.05, 4.69) is 6.92 Å². The molecule has 0 aromatic carbocycles. The summed E-state index contributed by atoms with van der Waals surface area (Å²) in [5.41, 5.74) is -0.921. The fraction of sp³-hybridized carbons (Fsp3) is 1.00. The number of halogens is 1. The highest BCUT2D eigenvalue weighted by atomic mass is 19.1. The van der Waals surface area contributed by atoms with Gasteiger partial charge in [-0.15, -0.1) is 0 Å². The molecule has 3 heteroatoms. The van der Waals surface area contributed by atoms with E-state index in [0.717, 1.165) is 26.1 Å². The zero-order chi connectivity index (χ0) is 13.0. The minimum Gasteiger partial charge on any atom is -0.352 e. The van der Waals surface area contributed by atoms with Crippen molar-refractivity contribution in [2.45, 2.75) is 70.8 Å². The molecule has 0 N–H and O–H groups in total. The Labute approximate surface area is 110 Å². The Balaban J connectivity index is 1.74. The number of alkyl halides is 1. The van der Waals surface area contributed by atoms with Crippen molar-refractivity contribution in [3.8, 4) is 0 Å². The summed E-state index contributed by atoms with van der Waals surface area (Å²) in [7, 11) is 0. The number of hydrogen-bond acceptors (Lipinski definition) is 2. The van der Waals surface area contributed by atoms with Gasteiger partial charge in [0.25, 0.3) is 0 Å². The summed E-state index contributed by atoms with van der Waals surface area (Å²) in [6.07, 6.45) is 6.11. The topological polar surface area (TPSA) is 18.5 Å². The summed E-state index contributed by atoms with van der Waals surface area (Å²) in [6.45, 7) is 5.79. The number of hydrogen-bond donors (Lipinski definition) is 0. The molecular formula is C15H27FO2. The van der Waals surface area contributed by atoms with Gasteiger partial charge in [-0.2, -0.15) is 0 Å². The van der Waals surface area contributed by atoms with E-state index < -0.39 is 5.67 Å². The average Bonchev–Trinajstić information content (AvgIpc) is 2.41. The van der Waals surface area contributed by atoms with Crippen LogP contribution in [-0.2, 0) is 9.47 Å². The summed E-state index contributed by atoms with van der Waals surface area (Å²) in [5.74, 6) is 0.966. The van der Waals surface area contributed by atoms with Crippen LogP contribution in [0.2, 0.25) is 0 Å². The molecule has 0 aromatic rings. The third-order valence-electron chi connectivity index (χ3n) is 4.63. The lowest BCUT2D eigenvalue weighted by molar-refractivity contribution is -0.231. The van der Waals surface area contributed by atoms with Crippen LogP contribution in [0.25, 0.3) is 0 Å². The van der Waals surface area contributed by atoms with Crippen LogP contribution < -0.4 is 0 Å². The second-order valence-electron chi connectivity index (χ2n) is 6.03. The fourth-order valence-corrected chi connectivity index (χ4v) is 3.19. The molecule has 1 aliphatic carbocycles. The molecule has 2 aliphatic rings. The van der Waals surface area contributed by atoms with Crippen LogP contribution in [0.15, 0.2) is 0 Å². The molecule has 1 saturated heterocycles. The van der Waals surface area contributed by atoms with Crippen LogP contribution in [0.5, 0.6) is 0 Å². The van der Waals surface area contributed by atoms with Crippen molar-refractivity contribution >= 4 is 0 Å². The normalized spacial score (nSPS) is 41.8. The summed E-state index contributed by atoms with van der Waals surface area (Å²) in [5, 5.41) is 0. The van der Waals surface area contributed by atoms with E-state index in [4.69, 9.17) is 9.47 Å². The molecule has 0 atom stereocenters. The number of rotatable bonds is 4. The minimum atomic E-state index is -0.921. The molecular weight excluding hydrogens is 231 g/mol. The van der Waals surface area contributed by atoms with Gasteiger partial charge in [0.05, 0.1) is 13.2 Å². The van der Waals surface area contributed by atoms with Crippen LogP contribution in [0.4, 0.5) is 4.39 Å². The first-order valence-corrected chi connectivity index (χ1v) is 7.59. The van der Waals surface area contributed by atoms with E-state index in [-0.39, 0.29) is 6.29 Å². The molecule has 2 rings (SSSR count). The maximum Gasteiger partial charge on any atom is 0.160 e. The molecule has 106 valence electrons. The third kappa shape index (κ3) is 3.45. The van der Waals surface area contributed by atoms with E-state index >= 15 is 0 Å². The molecule has 1 aliphatic heterocycles. The quantitative estimate of drug-likeness (QED) is 0.756.